The third-order valence-electron chi connectivity index (χ3n) is 5.00. The summed E-state index contributed by atoms with van der Waals surface area (Å²) in [4.78, 5) is 23.1. The van der Waals surface area contributed by atoms with Crippen LogP contribution in [0.15, 0.2) is 0 Å². The maximum Gasteiger partial charge on any atom is 0.224 e. The zero-order valence-electron chi connectivity index (χ0n) is 13.8. The van der Waals surface area contributed by atoms with E-state index < -0.39 is 9.84 Å². The summed E-state index contributed by atoms with van der Waals surface area (Å²) < 4.78 is 23.2. The first-order valence-electron chi connectivity index (χ1n) is 8.58. The molecule has 2 fully saturated rings. The molecule has 1 heterocycles. The van der Waals surface area contributed by atoms with E-state index in [9.17, 15) is 18.0 Å². The van der Waals surface area contributed by atoms with Crippen LogP contribution in [-0.2, 0) is 19.4 Å². The Morgan fingerprint density at radius 3 is 2.04 bits per heavy atom. The number of sulfone groups is 1. The number of amides is 2. The van der Waals surface area contributed by atoms with Gasteiger partial charge in [-0.05, 0) is 50.4 Å². The van der Waals surface area contributed by atoms with Gasteiger partial charge >= 0.3 is 0 Å². The number of carbonyl (C=O) groups is 2. The molecule has 1 saturated heterocycles. The SMILES string of the molecule is CC(=O)NCC1CCC(CNC(=O)C2CCCS(=O)(=O)C2)CC1. The van der Waals surface area contributed by atoms with Crippen molar-refractivity contribution in [2.24, 2.45) is 17.8 Å². The van der Waals surface area contributed by atoms with E-state index in [1.54, 1.807) is 0 Å². The van der Waals surface area contributed by atoms with Crippen LogP contribution in [0.2, 0.25) is 0 Å². The summed E-state index contributed by atoms with van der Waals surface area (Å²) >= 11 is 0. The minimum absolute atomic E-state index is 0.00227. The highest BCUT2D eigenvalue weighted by atomic mass is 32.2. The lowest BCUT2D eigenvalue weighted by Crippen LogP contribution is -2.40. The third kappa shape index (κ3) is 6.12. The highest BCUT2D eigenvalue weighted by Gasteiger charge is 2.30. The van der Waals surface area contributed by atoms with Crippen molar-refractivity contribution >= 4 is 21.7 Å². The van der Waals surface area contributed by atoms with Crippen molar-refractivity contribution < 1.29 is 18.0 Å². The van der Waals surface area contributed by atoms with Gasteiger partial charge in [0.05, 0.1) is 17.4 Å². The molecule has 0 aromatic carbocycles. The number of carbonyl (C=O) groups excluding carboxylic acids is 2. The van der Waals surface area contributed by atoms with Gasteiger partial charge in [0, 0.05) is 20.0 Å². The topological polar surface area (TPSA) is 92.3 Å². The molecule has 1 atom stereocenters. The second kappa shape index (κ2) is 8.13. The molecule has 132 valence electrons. The largest absolute Gasteiger partial charge is 0.356 e. The lowest BCUT2D eigenvalue weighted by atomic mass is 9.82. The lowest BCUT2D eigenvalue weighted by Gasteiger charge is -2.29. The van der Waals surface area contributed by atoms with Gasteiger partial charge in [0.15, 0.2) is 9.84 Å². The Kier molecular flexibility index (Phi) is 6.44. The van der Waals surface area contributed by atoms with Crippen LogP contribution >= 0.6 is 0 Å². The van der Waals surface area contributed by atoms with Crippen molar-refractivity contribution in [3.05, 3.63) is 0 Å². The smallest absolute Gasteiger partial charge is 0.224 e. The van der Waals surface area contributed by atoms with Crippen molar-refractivity contribution in [1.29, 1.82) is 0 Å². The Morgan fingerprint density at radius 1 is 0.957 bits per heavy atom. The van der Waals surface area contributed by atoms with Crippen molar-refractivity contribution in [2.75, 3.05) is 24.6 Å². The Hall–Kier alpha value is -1.11. The second-order valence-electron chi connectivity index (χ2n) is 7.02. The number of rotatable bonds is 5. The number of hydrogen-bond donors (Lipinski definition) is 2. The first kappa shape index (κ1) is 18.2. The van der Waals surface area contributed by atoms with E-state index in [4.69, 9.17) is 0 Å². The highest BCUT2D eigenvalue weighted by molar-refractivity contribution is 7.91. The molecule has 2 aliphatic rings. The fourth-order valence-electron chi connectivity index (χ4n) is 3.55. The van der Waals surface area contributed by atoms with Crippen molar-refractivity contribution in [1.82, 2.24) is 10.6 Å². The highest BCUT2D eigenvalue weighted by Crippen LogP contribution is 2.28. The quantitative estimate of drug-likeness (QED) is 0.774. The maximum atomic E-state index is 12.1. The fourth-order valence-corrected chi connectivity index (χ4v) is 5.25. The van der Waals surface area contributed by atoms with Crippen LogP contribution in [0.25, 0.3) is 0 Å². The first-order chi connectivity index (χ1) is 10.9. The minimum Gasteiger partial charge on any atom is -0.356 e. The van der Waals surface area contributed by atoms with Gasteiger partial charge < -0.3 is 10.6 Å². The predicted molar refractivity (Wildman–Crippen MR) is 88.5 cm³/mol. The summed E-state index contributed by atoms with van der Waals surface area (Å²) in [5, 5.41) is 5.82. The molecule has 23 heavy (non-hydrogen) atoms. The monoisotopic (exact) mass is 344 g/mol. The zero-order chi connectivity index (χ0) is 16.9. The third-order valence-corrected chi connectivity index (χ3v) is 6.83. The minimum atomic E-state index is -3.04. The van der Waals surface area contributed by atoms with Crippen LogP contribution in [0.4, 0.5) is 0 Å². The molecule has 1 aliphatic carbocycles. The van der Waals surface area contributed by atoms with Crippen LogP contribution < -0.4 is 10.6 Å². The Balaban J connectivity index is 1.67. The average molecular weight is 344 g/mol. The van der Waals surface area contributed by atoms with Crippen LogP contribution in [0, 0.1) is 17.8 Å². The van der Waals surface area contributed by atoms with E-state index in [1.165, 1.54) is 6.92 Å². The van der Waals surface area contributed by atoms with Crippen molar-refractivity contribution in [2.45, 2.75) is 45.4 Å². The summed E-state index contributed by atoms with van der Waals surface area (Å²) in [5.41, 5.74) is 0. The van der Waals surface area contributed by atoms with Gasteiger partial charge in [-0.25, -0.2) is 8.42 Å². The van der Waals surface area contributed by atoms with Crippen LogP contribution in [0.1, 0.15) is 45.4 Å². The molecule has 0 bridgehead atoms. The second-order valence-corrected chi connectivity index (χ2v) is 9.25. The molecule has 2 rings (SSSR count). The zero-order valence-corrected chi connectivity index (χ0v) is 14.7. The molecular formula is C16H28N2O4S. The summed E-state index contributed by atoms with van der Waals surface area (Å²) in [7, 11) is -3.04. The normalized spacial score (nSPS) is 30.4. The molecule has 0 radical (unpaired) electrons. The average Bonchev–Trinajstić information content (AvgIpc) is 2.50. The fraction of sp³-hybridized carbons (Fsp3) is 0.875. The van der Waals surface area contributed by atoms with Gasteiger partial charge in [-0.15, -0.1) is 0 Å². The standard InChI is InChI=1S/C16H28N2O4S/c1-12(19)17-9-13-4-6-14(7-5-13)10-18-16(20)15-3-2-8-23(21,22)11-15/h13-15H,2-11H2,1H3,(H,17,19)(H,18,20). The molecule has 7 heteroatoms. The Labute approximate surface area is 138 Å². The van der Waals surface area contributed by atoms with E-state index in [0.717, 1.165) is 32.2 Å². The number of nitrogens with one attached hydrogen (secondary N) is 2. The number of hydrogen-bond acceptors (Lipinski definition) is 4. The van der Waals surface area contributed by atoms with E-state index in [1.807, 2.05) is 0 Å². The first-order valence-corrected chi connectivity index (χ1v) is 10.4. The van der Waals surface area contributed by atoms with Crippen LogP contribution in [0.3, 0.4) is 0 Å². The Bertz CT molecular complexity index is 524. The summed E-state index contributed by atoms with van der Waals surface area (Å²) in [5.74, 6) is 0.764. The van der Waals surface area contributed by atoms with Crippen molar-refractivity contribution in [3.8, 4) is 0 Å². The molecular weight excluding hydrogens is 316 g/mol. The summed E-state index contributed by atoms with van der Waals surface area (Å²) in [6.45, 7) is 2.92. The van der Waals surface area contributed by atoms with Gasteiger partial charge in [0.1, 0.15) is 0 Å². The molecule has 1 saturated carbocycles. The van der Waals surface area contributed by atoms with Crippen molar-refractivity contribution in [3.63, 3.8) is 0 Å². The predicted octanol–water partition coefficient (Wildman–Crippen LogP) is 0.870. The van der Waals surface area contributed by atoms with E-state index >= 15 is 0 Å². The maximum absolute atomic E-state index is 12.1. The molecule has 1 unspecified atom stereocenters. The van der Waals surface area contributed by atoms with E-state index in [0.29, 0.717) is 31.2 Å². The molecule has 0 spiro atoms. The van der Waals surface area contributed by atoms with Gasteiger partial charge in [-0.3, -0.25) is 9.59 Å². The van der Waals surface area contributed by atoms with E-state index in [-0.39, 0.29) is 29.2 Å². The summed E-state index contributed by atoms with van der Waals surface area (Å²) in [6.07, 6.45) is 5.50. The Morgan fingerprint density at radius 2 is 1.52 bits per heavy atom. The van der Waals surface area contributed by atoms with Crippen LogP contribution in [0.5, 0.6) is 0 Å². The molecule has 2 amide bonds. The molecule has 0 aromatic heterocycles. The van der Waals surface area contributed by atoms with E-state index in [2.05, 4.69) is 10.6 Å². The van der Waals surface area contributed by atoms with Gasteiger partial charge in [0.2, 0.25) is 11.8 Å². The lowest BCUT2D eigenvalue weighted by molar-refractivity contribution is -0.125. The summed E-state index contributed by atoms with van der Waals surface area (Å²) in [6, 6.07) is 0. The molecule has 1 aliphatic heterocycles. The van der Waals surface area contributed by atoms with Gasteiger partial charge in [-0.1, -0.05) is 0 Å². The molecule has 6 nitrogen and oxygen atoms in total. The van der Waals surface area contributed by atoms with Gasteiger partial charge in [-0.2, -0.15) is 0 Å². The van der Waals surface area contributed by atoms with Crippen LogP contribution in [-0.4, -0.2) is 44.8 Å². The molecule has 0 aromatic rings. The molecule has 2 N–H and O–H groups in total. The van der Waals surface area contributed by atoms with Gasteiger partial charge in [0.25, 0.3) is 0 Å².